The number of hydrogen-bond donors (Lipinski definition) is 1. The molecule has 3 heterocycles. The van der Waals surface area contributed by atoms with Crippen LogP contribution in [0.3, 0.4) is 0 Å². The van der Waals surface area contributed by atoms with Gasteiger partial charge in [-0.2, -0.15) is 0 Å². The maximum absolute atomic E-state index is 5.66. The van der Waals surface area contributed by atoms with E-state index in [4.69, 9.17) is 14.5 Å². The molecule has 1 N–H and O–H groups in total. The van der Waals surface area contributed by atoms with Gasteiger partial charge >= 0.3 is 0 Å². The lowest BCUT2D eigenvalue weighted by atomic mass is 9.87. The summed E-state index contributed by atoms with van der Waals surface area (Å²) in [5.74, 6) is 2.75. The molecule has 1 aromatic heterocycles. The van der Waals surface area contributed by atoms with Crippen LogP contribution in [0.25, 0.3) is 0 Å². The van der Waals surface area contributed by atoms with E-state index >= 15 is 0 Å². The maximum atomic E-state index is 5.66. The molecule has 1 aromatic rings. The number of aliphatic imine (C=N–C) groups is 1. The average molecular weight is 492 g/mol. The van der Waals surface area contributed by atoms with Gasteiger partial charge < -0.3 is 24.3 Å². The van der Waals surface area contributed by atoms with Gasteiger partial charge in [-0.3, -0.25) is 0 Å². The SMILES string of the molecule is CCOCCCNC(=NCc1nnc(C)n1C)N1CCC2(CCOC2)C1.I. The molecule has 9 heteroatoms. The van der Waals surface area contributed by atoms with Crippen LogP contribution < -0.4 is 5.32 Å². The number of nitrogens with one attached hydrogen (secondary N) is 1. The van der Waals surface area contributed by atoms with Gasteiger partial charge in [0.15, 0.2) is 11.8 Å². The summed E-state index contributed by atoms with van der Waals surface area (Å²) in [4.78, 5) is 7.22. The molecule has 0 saturated carbocycles. The van der Waals surface area contributed by atoms with Crippen LogP contribution in [0.4, 0.5) is 0 Å². The van der Waals surface area contributed by atoms with Crippen molar-refractivity contribution < 1.29 is 9.47 Å². The van der Waals surface area contributed by atoms with E-state index in [1.165, 1.54) is 6.42 Å². The molecule has 2 fully saturated rings. The Labute approximate surface area is 179 Å². The van der Waals surface area contributed by atoms with E-state index in [1.54, 1.807) is 0 Å². The van der Waals surface area contributed by atoms with E-state index in [2.05, 4.69) is 20.4 Å². The quantitative estimate of drug-likeness (QED) is 0.271. The van der Waals surface area contributed by atoms with Crippen LogP contribution in [0.1, 0.15) is 37.8 Å². The molecule has 1 atom stereocenters. The first-order valence-corrected chi connectivity index (χ1v) is 9.67. The number of rotatable bonds is 7. The smallest absolute Gasteiger partial charge is 0.194 e. The van der Waals surface area contributed by atoms with Crippen LogP contribution in [0.15, 0.2) is 4.99 Å². The van der Waals surface area contributed by atoms with Gasteiger partial charge in [0.25, 0.3) is 0 Å². The second kappa shape index (κ2) is 10.6. The van der Waals surface area contributed by atoms with Crippen LogP contribution in [0, 0.1) is 12.3 Å². The van der Waals surface area contributed by atoms with E-state index < -0.39 is 0 Å². The summed E-state index contributed by atoms with van der Waals surface area (Å²) in [7, 11) is 1.98. The van der Waals surface area contributed by atoms with Crippen molar-refractivity contribution in [2.45, 2.75) is 39.7 Å². The third-order valence-electron chi connectivity index (χ3n) is 5.43. The number of aromatic nitrogens is 3. The van der Waals surface area contributed by atoms with E-state index in [-0.39, 0.29) is 24.0 Å². The molecule has 2 aliphatic rings. The first-order valence-electron chi connectivity index (χ1n) is 9.67. The lowest BCUT2D eigenvalue weighted by molar-refractivity contribution is 0.145. The first kappa shape index (κ1) is 22.4. The Morgan fingerprint density at radius 2 is 2.22 bits per heavy atom. The Morgan fingerprint density at radius 3 is 2.89 bits per heavy atom. The summed E-state index contributed by atoms with van der Waals surface area (Å²) in [6.07, 6.45) is 3.30. The summed E-state index contributed by atoms with van der Waals surface area (Å²) in [6.45, 7) is 10.7. The minimum absolute atomic E-state index is 0. The van der Waals surface area contributed by atoms with E-state index in [1.807, 2.05) is 25.5 Å². The number of ether oxygens (including phenoxy) is 2. The zero-order valence-corrected chi connectivity index (χ0v) is 19.1. The molecule has 2 saturated heterocycles. The Bertz CT molecular complexity index is 615. The normalized spacial score (nSPS) is 22.5. The number of halogens is 1. The molecule has 1 spiro atoms. The highest BCUT2D eigenvalue weighted by molar-refractivity contribution is 14.0. The van der Waals surface area contributed by atoms with Crippen molar-refractivity contribution in [3.63, 3.8) is 0 Å². The lowest BCUT2D eigenvalue weighted by Gasteiger charge is -2.25. The van der Waals surface area contributed by atoms with Crippen molar-refractivity contribution in [2.24, 2.45) is 17.5 Å². The molecule has 2 aliphatic heterocycles. The predicted octanol–water partition coefficient (Wildman–Crippen LogP) is 1.73. The Balaban J connectivity index is 0.00000261. The lowest BCUT2D eigenvalue weighted by Crippen LogP contribution is -2.42. The van der Waals surface area contributed by atoms with Gasteiger partial charge in [-0.05, 0) is 33.1 Å². The highest BCUT2D eigenvalue weighted by Gasteiger charge is 2.42. The van der Waals surface area contributed by atoms with Crippen molar-refractivity contribution >= 4 is 29.9 Å². The van der Waals surface area contributed by atoms with Crippen LogP contribution >= 0.6 is 24.0 Å². The molecule has 0 radical (unpaired) electrons. The molecule has 0 bridgehead atoms. The standard InChI is InChI=1S/C18H32N6O2.HI/c1-4-25-10-5-8-19-17(20-12-16-22-21-15(2)23(16)3)24-9-6-18(13-24)7-11-26-14-18;/h4-14H2,1-3H3,(H,19,20);1H. The zero-order chi connectivity index (χ0) is 18.4. The summed E-state index contributed by atoms with van der Waals surface area (Å²) in [5, 5.41) is 11.9. The third kappa shape index (κ3) is 5.77. The summed E-state index contributed by atoms with van der Waals surface area (Å²) < 4.78 is 13.1. The van der Waals surface area contributed by atoms with E-state index in [0.717, 1.165) is 76.5 Å². The van der Waals surface area contributed by atoms with Crippen LogP contribution in [0.5, 0.6) is 0 Å². The second-order valence-electron chi connectivity index (χ2n) is 7.31. The van der Waals surface area contributed by atoms with Gasteiger partial charge in [0.05, 0.1) is 6.61 Å². The molecular formula is C18H33IN6O2. The summed E-state index contributed by atoms with van der Waals surface area (Å²) in [6, 6.07) is 0. The second-order valence-corrected chi connectivity index (χ2v) is 7.31. The summed E-state index contributed by atoms with van der Waals surface area (Å²) >= 11 is 0. The van der Waals surface area contributed by atoms with Gasteiger partial charge in [0.1, 0.15) is 12.4 Å². The summed E-state index contributed by atoms with van der Waals surface area (Å²) in [5.41, 5.74) is 0.315. The largest absolute Gasteiger partial charge is 0.382 e. The Hall–Kier alpha value is -0.940. The third-order valence-corrected chi connectivity index (χ3v) is 5.43. The van der Waals surface area contributed by atoms with Gasteiger partial charge in [0.2, 0.25) is 0 Å². The van der Waals surface area contributed by atoms with Crippen molar-refractivity contribution in [1.82, 2.24) is 25.0 Å². The van der Waals surface area contributed by atoms with Crippen LogP contribution in [-0.2, 0) is 23.1 Å². The van der Waals surface area contributed by atoms with Crippen molar-refractivity contribution in [2.75, 3.05) is 46.1 Å². The molecule has 27 heavy (non-hydrogen) atoms. The number of aryl methyl sites for hydroxylation is 1. The molecule has 1 unspecified atom stereocenters. The molecule has 8 nitrogen and oxygen atoms in total. The highest BCUT2D eigenvalue weighted by atomic mass is 127. The fraction of sp³-hybridized carbons (Fsp3) is 0.833. The number of hydrogen-bond acceptors (Lipinski definition) is 5. The number of nitrogens with zero attached hydrogens (tertiary/aromatic N) is 5. The van der Waals surface area contributed by atoms with Gasteiger partial charge in [-0.15, -0.1) is 34.2 Å². The zero-order valence-electron chi connectivity index (χ0n) is 16.7. The number of likely N-dealkylation sites (tertiary alicyclic amines) is 1. The predicted molar refractivity (Wildman–Crippen MR) is 115 cm³/mol. The number of guanidine groups is 1. The fourth-order valence-electron chi connectivity index (χ4n) is 3.61. The van der Waals surface area contributed by atoms with Crippen molar-refractivity contribution in [1.29, 1.82) is 0 Å². The Kier molecular flexibility index (Phi) is 8.74. The van der Waals surface area contributed by atoms with Gasteiger partial charge in [0, 0.05) is 51.9 Å². The Morgan fingerprint density at radius 1 is 1.37 bits per heavy atom. The minimum atomic E-state index is 0. The fourth-order valence-corrected chi connectivity index (χ4v) is 3.61. The molecule has 0 aromatic carbocycles. The average Bonchev–Trinajstić information content (AvgIpc) is 3.35. The first-order chi connectivity index (χ1) is 12.6. The monoisotopic (exact) mass is 492 g/mol. The topological polar surface area (TPSA) is 76.8 Å². The minimum Gasteiger partial charge on any atom is -0.382 e. The van der Waals surface area contributed by atoms with Crippen molar-refractivity contribution in [3.8, 4) is 0 Å². The van der Waals surface area contributed by atoms with Gasteiger partial charge in [-0.25, -0.2) is 4.99 Å². The molecule has 0 aliphatic carbocycles. The molecular weight excluding hydrogens is 459 g/mol. The molecule has 0 amide bonds. The van der Waals surface area contributed by atoms with E-state index in [0.29, 0.717) is 12.0 Å². The molecule has 154 valence electrons. The van der Waals surface area contributed by atoms with Crippen molar-refractivity contribution in [3.05, 3.63) is 11.6 Å². The van der Waals surface area contributed by atoms with E-state index in [9.17, 15) is 0 Å². The molecule has 3 rings (SSSR count). The van der Waals surface area contributed by atoms with Gasteiger partial charge in [-0.1, -0.05) is 0 Å². The van der Waals surface area contributed by atoms with Crippen LogP contribution in [0.2, 0.25) is 0 Å². The maximum Gasteiger partial charge on any atom is 0.194 e. The highest BCUT2D eigenvalue weighted by Crippen LogP contribution is 2.38. The van der Waals surface area contributed by atoms with Crippen LogP contribution in [-0.4, -0.2) is 71.7 Å².